The van der Waals surface area contributed by atoms with Crippen LogP contribution in [0.15, 0.2) is 11.1 Å². The Hall–Kier alpha value is -1.97. The fraction of sp³-hybridized carbons (Fsp3) is 0.688. The lowest BCUT2D eigenvalue weighted by molar-refractivity contribution is -0.0668. The van der Waals surface area contributed by atoms with E-state index in [0.29, 0.717) is 18.9 Å². The maximum atomic E-state index is 11.7. The highest BCUT2D eigenvalue weighted by Gasteiger charge is 2.12. The summed E-state index contributed by atoms with van der Waals surface area (Å²) in [6, 6.07) is 0. The number of aliphatic hydroxyl groups is 1. The third-order valence-corrected chi connectivity index (χ3v) is 3.84. The van der Waals surface area contributed by atoms with Crippen LogP contribution in [0, 0.1) is 0 Å². The van der Waals surface area contributed by atoms with Crippen molar-refractivity contribution in [3.63, 3.8) is 0 Å². The highest BCUT2D eigenvalue weighted by molar-refractivity contribution is 5.70. The predicted molar refractivity (Wildman–Crippen MR) is 94.1 cm³/mol. The van der Waals surface area contributed by atoms with Crippen LogP contribution in [0.1, 0.15) is 39.0 Å². The number of nitrogens with two attached hydrogens (primary N) is 1. The van der Waals surface area contributed by atoms with Gasteiger partial charge in [0.15, 0.2) is 11.2 Å². The number of hydrogen-bond acceptors (Lipinski definition) is 7. The second-order valence-corrected chi connectivity index (χ2v) is 5.93. The van der Waals surface area contributed by atoms with Gasteiger partial charge in [0, 0.05) is 6.61 Å². The summed E-state index contributed by atoms with van der Waals surface area (Å²) in [6.07, 6.45) is 6.86. The molecular weight excluding hydrogens is 326 g/mol. The van der Waals surface area contributed by atoms with Crippen LogP contribution < -0.4 is 11.3 Å². The molecule has 0 saturated heterocycles. The Labute approximate surface area is 146 Å². The number of anilines is 1. The summed E-state index contributed by atoms with van der Waals surface area (Å²) in [4.78, 5) is 22.2. The summed E-state index contributed by atoms with van der Waals surface area (Å²) in [6.45, 7) is 3.09. The van der Waals surface area contributed by atoms with Crippen LogP contribution >= 0.6 is 0 Å². The first kappa shape index (κ1) is 19.4. The Bertz CT molecular complexity index is 699. The zero-order valence-corrected chi connectivity index (χ0v) is 14.6. The quantitative estimate of drug-likeness (QED) is 0.486. The summed E-state index contributed by atoms with van der Waals surface area (Å²) in [5, 5.41) is 9.41. The van der Waals surface area contributed by atoms with Crippen molar-refractivity contribution in [2.75, 3.05) is 25.6 Å². The number of nitrogen functional groups attached to an aromatic ring is 1. The summed E-state index contributed by atoms with van der Waals surface area (Å²) in [5.41, 5.74) is 5.69. The van der Waals surface area contributed by atoms with E-state index in [2.05, 4.69) is 21.9 Å². The molecule has 0 bridgehead atoms. The number of nitrogens with zero attached hydrogens (tertiary/aromatic N) is 3. The van der Waals surface area contributed by atoms with Gasteiger partial charge in [-0.15, -0.1) is 0 Å². The van der Waals surface area contributed by atoms with Crippen molar-refractivity contribution in [3.05, 3.63) is 16.7 Å². The van der Waals surface area contributed by atoms with Gasteiger partial charge in [0.25, 0.3) is 5.56 Å². The van der Waals surface area contributed by atoms with E-state index in [0.717, 1.165) is 12.8 Å². The molecule has 1 unspecified atom stereocenters. The number of aromatic amines is 1. The monoisotopic (exact) mass is 353 g/mol. The highest BCUT2D eigenvalue weighted by atomic mass is 16.5. The largest absolute Gasteiger partial charge is 0.394 e. The zero-order valence-electron chi connectivity index (χ0n) is 14.6. The van der Waals surface area contributed by atoms with Gasteiger partial charge >= 0.3 is 0 Å². The molecule has 0 aliphatic rings. The second-order valence-electron chi connectivity index (χ2n) is 5.93. The van der Waals surface area contributed by atoms with Gasteiger partial charge < -0.3 is 20.3 Å². The number of unbranched alkanes of at least 4 members (excludes halogenated alkanes) is 4. The van der Waals surface area contributed by atoms with Crippen molar-refractivity contribution < 1.29 is 14.6 Å². The number of fused-ring (bicyclic) bond motifs is 1. The van der Waals surface area contributed by atoms with Crippen molar-refractivity contribution in [2.24, 2.45) is 0 Å². The molecule has 9 nitrogen and oxygen atoms in total. The summed E-state index contributed by atoms with van der Waals surface area (Å²) < 4.78 is 12.7. The van der Waals surface area contributed by atoms with Crippen molar-refractivity contribution >= 4 is 17.1 Å². The Morgan fingerprint density at radius 1 is 1.36 bits per heavy atom. The summed E-state index contributed by atoms with van der Waals surface area (Å²) in [7, 11) is 0. The van der Waals surface area contributed by atoms with Crippen molar-refractivity contribution in [3.8, 4) is 0 Å². The van der Waals surface area contributed by atoms with E-state index in [4.69, 9.17) is 15.2 Å². The number of hydrogen-bond donors (Lipinski definition) is 3. The number of nitrogens with one attached hydrogen (secondary N) is 1. The minimum absolute atomic E-state index is 0.0179. The molecule has 0 amide bonds. The van der Waals surface area contributed by atoms with Gasteiger partial charge in [0.05, 0.1) is 19.5 Å². The molecular formula is C16H27N5O4. The molecule has 0 spiro atoms. The second kappa shape index (κ2) is 10.1. The Morgan fingerprint density at radius 2 is 2.16 bits per heavy atom. The zero-order chi connectivity index (χ0) is 18.1. The van der Waals surface area contributed by atoms with Crippen LogP contribution in [0.2, 0.25) is 0 Å². The van der Waals surface area contributed by atoms with Gasteiger partial charge in [-0.3, -0.25) is 14.3 Å². The van der Waals surface area contributed by atoms with Gasteiger partial charge in [-0.2, -0.15) is 4.98 Å². The number of H-pyrrole nitrogens is 1. The van der Waals surface area contributed by atoms with Crippen molar-refractivity contribution in [1.82, 2.24) is 19.5 Å². The Balaban J connectivity index is 1.78. The van der Waals surface area contributed by atoms with E-state index in [1.165, 1.54) is 25.6 Å². The molecule has 2 rings (SSSR count). The van der Waals surface area contributed by atoms with Crippen LogP contribution in [0.5, 0.6) is 0 Å². The topological polar surface area (TPSA) is 128 Å². The number of aromatic nitrogens is 4. The third kappa shape index (κ3) is 5.80. The molecule has 0 saturated carbocycles. The molecule has 9 heteroatoms. The number of aliphatic hydroxyl groups excluding tert-OH is 1. The SMILES string of the molecule is CCCCCCCOCC(CO)OCn1cnc2c(=O)[nH]c(N)nc21. The standard InChI is InChI=1S/C16H27N5O4/c1-2-3-4-5-6-7-24-9-12(8-22)25-11-21-10-18-13-14(21)19-16(17)20-15(13)23/h10,12,22H,2-9,11H2,1H3,(H3,17,19,20,23). The number of ether oxygens (including phenoxy) is 2. The smallest absolute Gasteiger partial charge is 0.280 e. The Morgan fingerprint density at radius 3 is 2.92 bits per heavy atom. The molecule has 2 heterocycles. The van der Waals surface area contributed by atoms with Crippen molar-refractivity contribution in [2.45, 2.75) is 51.9 Å². The average molecular weight is 353 g/mol. The van der Waals surface area contributed by atoms with Gasteiger partial charge in [-0.1, -0.05) is 32.6 Å². The molecule has 0 fully saturated rings. The molecule has 0 aliphatic heterocycles. The minimum Gasteiger partial charge on any atom is -0.394 e. The first-order valence-electron chi connectivity index (χ1n) is 8.66. The first-order chi connectivity index (χ1) is 12.2. The maximum Gasteiger partial charge on any atom is 0.280 e. The van der Waals surface area contributed by atoms with Crippen molar-refractivity contribution in [1.29, 1.82) is 0 Å². The molecule has 2 aromatic heterocycles. The first-order valence-corrected chi connectivity index (χ1v) is 8.66. The van der Waals surface area contributed by atoms with Gasteiger partial charge in [-0.25, -0.2) is 4.98 Å². The minimum atomic E-state index is -0.451. The molecule has 1 atom stereocenters. The fourth-order valence-electron chi connectivity index (χ4n) is 2.43. The van der Waals surface area contributed by atoms with E-state index < -0.39 is 11.7 Å². The lowest BCUT2D eigenvalue weighted by atomic mass is 10.2. The molecule has 25 heavy (non-hydrogen) atoms. The van der Waals surface area contributed by atoms with Crippen LogP contribution in [-0.4, -0.2) is 50.6 Å². The van der Waals surface area contributed by atoms with Gasteiger partial charge in [0.2, 0.25) is 5.95 Å². The van der Waals surface area contributed by atoms with Crippen LogP contribution in [-0.2, 0) is 16.2 Å². The molecule has 0 radical (unpaired) electrons. The molecule has 0 aliphatic carbocycles. The van der Waals surface area contributed by atoms with E-state index in [1.54, 1.807) is 4.57 Å². The number of rotatable bonds is 12. The van der Waals surface area contributed by atoms with E-state index in [-0.39, 0.29) is 24.8 Å². The highest BCUT2D eigenvalue weighted by Crippen LogP contribution is 2.08. The maximum absolute atomic E-state index is 11.7. The Kier molecular flexibility index (Phi) is 7.83. The van der Waals surface area contributed by atoms with Crippen LogP contribution in [0.4, 0.5) is 5.95 Å². The van der Waals surface area contributed by atoms with E-state index >= 15 is 0 Å². The van der Waals surface area contributed by atoms with E-state index in [9.17, 15) is 9.90 Å². The molecule has 4 N–H and O–H groups in total. The average Bonchev–Trinajstić information content (AvgIpc) is 3.00. The summed E-state index contributed by atoms with van der Waals surface area (Å²) in [5.74, 6) is 0.0179. The van der Waals surface area contributed by atoms with Crippen LogP contribution in [0.3, 0.4) is 0 Å². The normalized spacial score (nSPS) is 12.7. The molecule has 2 aromatic rings. The number of imidazole rings is 1. The van der Waals surface area contributed by atoms with E-state index in [1.807, 2.05) is 0 Å². The lowest BCUT2D eigenvalue weighted by Crippen LogP contribution is -2.25. The lowest BCUT2D eigenvalue weighted by Gasteiger charge is -2.16. The van der Waals surface area contributed by atoms with Gasteiger partial charge in [0.1, 0.15) is 12.8 Å². The van der Waals surface area contributed by atoms with Gasteiger partial charge in [-0.05, 0) is 6.42 Å². The molecule has 0 aromatic carbocycles. The predicted octanol–water partition coefficient (Wildman–Crippen LogP) is 1.02. The van der Waals surface area contributed by atoms with Crippen LogP contribution in [0.25, 0.3) is 11.2 Å². The fourth-order valence-corrected chi connectivity index (χ4v) is 2.43. The molecule has 140 valence electrons. The summed E-state index contributed by atoms with van der Waals surface area (Å²) >= 11 is 0. The third-order valence-electron chi connectivity index (χ3n) is 3.84.